The van der Waals surface area contributed by atoms with Gasteiger partial charge in [0.25, 0.3) is 5.91 Å². The third-order valence-electron chi connectivity index (χ3n) is 6.91. The Morgan fingerprint density at radius 1 is 1.15 bits per heavy atom. The molecule has 2 aromatic carbocycles. The first kappa shape index (κ1) is 30.0. The zero-order valence-electron chi connectivity index (χ0n) is 22.2. The van der Waals surface area contributed by atoms with Crippen LogP contribution < -0.4 is 10.1 Å². The summed E-state index contributed by atoms with van der Waals surface area (Å²) in [6, 6.07) is 13.3. The molecular formula is C30H29Cl2N3O3S3. The molecule has 0 bridgehead atoms. The van der Waals surface area contributed by atoms with E-state index in [2.05, 4.69) is 10.3 Å². The minimum atomic E-state index is -0.165. The third-order valence-corrected chi connectivity index (χ3v) is 10.1. The van der Waals surface area contributed by atoms with Gasteiger partial charge in [0.1, 0.15) is 10.1 Å². The van der Waals surface area contributed by atoms with Crippen LogP contribution in [0, 0.1) is 0 Å². The number of nitrogens with zero attached hydrogens (tertiary/aromatic N) is 2. The van der Waals surface area contributed by atoms with Crippen LogP contribution in [0.3, 0.4) is 0 Å². The van der Waals surface area contributed by atoms with Gasteiger partial charge >= 0.3 is 0 Å². The van der Waals surface area contributed by atoms with Gasteiger partial charge in [-0.15, -0.1) is 11.3 Å². The van der Waals surface area contributed by atoms with Crippen molar-refractivity contribution >= 4 is 85.9 Å². The van der Waals surface area contributed by atoms with E-state index in [1.807, 2.05) is 42.5 Å². The second kappa shape index (κ2) is 14.2. The van der Waals surface area contributed by atoms with Crippen molar-refractivity contribution in [3.8, 4) is 5.75 Å². The average molecular weight is 647 g/mol. The summed E-state index contributed by atoms with van der Waals surface area (Å²) in [6.45, 7) is 0.367. The molecule has 1 saturated carbocycles. The topological polar surface area (TPSA) is 71.5 Å². The molecule has 0 radical (unpaired) electrons. The molecule has 214 valence electrons. The number of hydrogen-bond donors (Lipinski definition) is 1. The van der Waals surface area contributed by atoms with E-state index in [-0.39, 0.29) is 24.3 Å². The molecule has 5 rings (SSSR count). The molecule has 2 fully saturated rings. The van der Waals surface area contributed by atoms with E-state index in [1.54, 1.807) is 17.2 Å². The molecule has 1 N–H and O–H groups in total. The van der Waals surface area contributed by atoms with Gasteiger partial charge in [0.2, 0.25) is 5.91 Å². The van der Waals surface area contributed by atoms with E-state index in [9.17, 15) is 9.59 Å². The predicted octanol–water partition coefficient (Wildman–Crippen LogP) is 8.37. The number of carbonyl (C=O) groups excluding carboxylic acids is 2. The summed E-state index contributed by atoms with van der Waals surface area (Å²) in [7, 11) is 0. The normalized spacial score (nSPS) is 16.9. The van der Waals surface area contributed by atoms with Crippen LogP contribution >= 0.6 is 58.5 Å². The standard InChI is InChI=1S/C30H29Cl2N3O3S3/c31-23-12-6-9-20(27(23)32)16-22-18-33-29(40-22)34-26(36)14-7-15-35-28(37)25(41-30(35)39)17-19-8-4-5-13-24(19)38-21-10-2-1-3-11-21/h4-6,8-9,12-13,17-18,21H,1-3,7,10-11,14-16H2,(H,33,34,36)/b25-17-. The second-order valence-electron chi connectivity index (χ2n) is 9.92. The van der Waals surface area contributed by atoms with Crippen molar-refractivity contribution < 1.29 is 14.3 Å². The van der Waals surface area contributed by atoms with Crippen LogP contribution in [0.4, 0.5) is 5.13 Å². The summed E-state index contributed by atoms with van der Waals surface area (Å²) < 4.78 is 6.79. The fourth-order valence-corrected chi connectivity index (χ4v) is 7.34. The lowest BCUT2D eigenvalue weighted by molar-refractivity contribution is -0.122. The number of para-hydroxylation sites is 1. The first-order valence-electron chi connectivity index (χ1n) is 13.6. The fourth-order valence-electron chi connectivity index (χ4n) is 4.80. The first-order valence-corrected chi connectivity index (χ1v) is 16.4. The molecule has 2 amide bonds. The first-order chi connectivity index (χ1) is 19.9. The van der Waals surface area contributed by atoms with Crippen molar-refractivity contribution in [2.45, 2.75) is 57.5 Å². The number of amides is 2. The fraction of sp³-hybridized carbons (Fsp3) is 0.333. The number of ether oxygens (including phenoxy) is 1. The van der Waals surface area contributed by atoms with Crippen molar-refractivity contribution in [1.29, 1.82) is 0 Å². The molecule has 0 atom stereocenters. The van der Waals surface area contributed by atoms with Gasteiger partial charge in [0.15, 0.2) is 5.13 Å². The van der Waals surface area contributed by atoms with Gasteiger partial charge in [-0.05, 0) is 55.9 Å². The maximum absolute atomic E-state index is 13.2. The molecular weight excluding hydrogens is 617 g/mol. The number of thiazole rings is 1. The highest BCUT2D eigenvalue weighted by Crippen LogP contribution is 2.35. The van der Waals surface area contributed by atoms with Crippen LogP contribution in [0.15, 0.2) is 53.6 Å². The summed E-state index contributed by atoms with van der Waals surface area (Å²) in [6.07, 6.45) is 10.9. The molecule has 2 aliphatic rings. The predicted molar refractivity (Wildman–Crippen MR) is 173 cm³/mol. The molecule has 6 nitrogen and oxygen atoms in total. The number of thiocarbonyl (C=S) groups is 1. The van der Waals surface area contributed by atoms with Crippen molar-refractivity contribution in [2.24, 2.45) is 0 Å². The van der Waals surface area contributed by atoms with Crippen molar-refractivity contribution in [1.82, 2.24) is 9.88 Å². The number of anilines is 1. The Hall–Kier alpha value is -2.43. The number of carbonyl (C=O) groups is 2. The maximum Gasteiger partial charge on any atom is 0.266 e. The molecule has 1 saturated heterocycles. The Balaban J connectivity index is 1.12. The Morgan fingerprint density at radius 2 is 1.95 bits per heavy atom. The zero-order chi connectivity index (χ0) is 28.8. The number of rotatable bonds is 10. The highest BCUT2D eigenvalue weighted by Gasteiger charge is 2.32. The van der Waals surface area contributed by atoms with Crippen molar-refractivity contribution in [2.75, 3.05) is 11.9 Å². The molecule has 0 unspecified atom stereocenters. The summed E-state index contributed by atoms with van der Waals surface area (Å²) in [5, 5.41) is 4.40. The maximum atomic E-state index is 13.2. The Kier molecular flexibility index (Phi) is 10.4. The summed E-state index contributed by atoms with van der Waals surface area (Å²) in [5.74, 6) is 0.487. The summed E-state index contributed by atoms with van der Waals surface area (Å²) in [5.41, 5.74) is 1.77. The lowest BCUT2D eigenvalue weighted by Crippen LogP contribution is -2.29. The van der Waals surface area contributed by atoms with Crippen LogP contribution in [0.5, 0.6) is 5.75 Å². The van der Waals surface area contributed by atoms with Gasteiger partial charge in [-0.25, -0.2) is 4.98 Å². The lowest BCUT2D eigenvalue weighted by Gasteiger charge is -2.23. The van der Waals surface area contributed by atoms with Gasteiger partial charge in [-0.3, -0.25) is 14.5 Å². The van der Waals surface area contributed by atoms with Crippen LogP contribution in [0.1, 0.15) is 60.9 Å². The number of aromatic nitrogens is 1. The van der Waals surface area contributed by atoms with E-state index in [0.29, 0.717) is 43.8 Å². The lowest BCUT2D eigenvalue weighted by atomic mass is 9.97. The number of thioether (sulfide) groups is 1. The van der Waals surface area contributed by atoms with Gasteiger partial charge in [-0.2, -0.15) is 0 Å². The Bertz CT molecular complexity index is 1470. The van der Waals surface area contributed by atoms with Crippen LogP contribution in [-0.4, -0.2) is 38.7 Å². The number of hydrogen-bond acceptors (Lipinski definition) is 7. The molecule has 41 heavy (non-hydrogen) atoms. The van der Waals surface area contributed by atoms with Crippen molar-refractivity contribution in [3.05, 3.63) is 79.6 Å². The molecule has 11 heteroatoms. The van der Waals surface area contributed by atoms with Gasteiger partial charge in [0.05, 0.1) is 21.1 Å². The van der Waals surface area contributed by atoms with Gasteiger partial charge in [0, 0.05) is 36.0 Å². The number of halogens is 2. The number of benzene rings is 2. The summed E-state index contributed by atoms with van der Waals surface area (Å²) >= 11 is 20.6. The quantitative estimate of drug-likeness (QED) is 0.176. The minimum Gasteiger partial charge on any atom is -0.490 e. The van der Waals surface area contributed by atoms with Crippen LogP contribution in [0.25, 0.3) is 6.08 Å². The smallest absolute Gasteiger partial charge is 0.266 e. The SMILES string of the molecule is O=C(CCCN1C(=O)/C(=C/c2ccccc2OC2CCCCC2)SC1=S)Nc1ncc(Cc2cccc(Cl)c2Cl)s1. The third kappa shape index (κ3) is 7.90. The van der Waals surface area contributed by atoms with E-state index in [0.717, 1.165) is 34.6 Å². The zero-order valence-corrected chi connectivity index (χ0v) is 26.2. The van der Waals surface area contributed by atoms with E-state index < -0.39 is 0 Å². The second-order valence-corrected chi connectivity index (χ2v) is 13.5. The minimum absolute atomic E-state index is 0.142. The van der Waals surface area contributed by atoms with Gasteiger partial charge in [-0.1, -0.05) is 83.9 Å². The van der Waals surface area contributed by atoms with E-state index >= 15 is 0 Å². The molecule has 3 aromatic rings. The summed E-state index contributed by atoms with van der Waals surface area (Å²) in [4.78, 5) is 33.1. The van der Waals surface area contributed by atoms with E-state index in [1.165, 1.54) is 42.4 Å². The van der Waals surface area contributed by atoms with Crippen LogP contribution in [0.2, 0.25) is 10.0 Å². The van der Waals surface area contributed by atoms with Gasteiger partial charge < -0.3 is 10.1 Å². The molecule has 1 aromatic heterocycles. The van der Waals surface area contributed by atoms with Crippen LogP contribution in [-0.2, 0) is 16.0 Å². The molecule has 2 heterocycles. The highest BCUT2D eigenvalue weighted by atomic mass is 35.5. The molecule has 1 aliphatic heterocycles. The van der Waals surface area contributed by atoms with E-state index in [4.69, 9.17) is 40.2 Å². The Morgan fingerprint density at radius 3 is 2.78 bits per heavy atom. The largest absolute Gasteiger partial charge is 0.490 e. The Labute approximate surface area is 263 Å². The highest BCUT2D eigenvalue weighted by molar-refractivity contribution is 8.26. The van der Waals surface area contributed by atoms with Crippen molar-refractivity contribution in [3.63, 3.8) is 0 Å². The monoisotopic (exact) mass is 645 g/mol. The molecule has 0 spiro atoms. The molecule has 1 aliphatic carbocycles. The number of nitrogens with one attached hydrogen (secondary N) is 1. The average Bonchev–Trinajstić information content (AvgIpc) is 3.51.